The summed E-state index contributed by atoms with van der Waals surface area (Å²) >= 11 is 0. The van der Waals surface area contributed by atoms with Gasteiger partial charge in [0.1, 0.15) is 0 Å². The van der Waals surface area contributed by atoms with Crippen molar-refractivity contribution in [2.75, 3.05) is 26.9 Å². The van der Waals surface area contributed by atoms with Crippen molar-refractivity contribution in [1.29, 1.82) is 0 Å². The summed E-state index contributed by atoms with van der Waals surface area (Å²) in [5, 5.41) is 0. The van der Waals surface area contributed by atoms with Crippen molar-refractivity contribution in [2.45, 2.75) is 27.7 Å². The molecule has 0 saturated carbocycles. The first-order chi connectivity index (χ1) is 11.1. The molecule has 0 bridgehead atoms. The van der Waals surface area contributed by atoms with E-state index in [9.17, 15) is 24.0 Å². The molecule has 0 saturated heterocycles. The first-order valence-corrected chi connectivity index (χ1v) is 6.70. The van der Waals surface area contributed by atoms with Crippen molar-refractivity contribution >= 4 is 29.9 Å². The summed E-state index contributed by atoms with van der Waals surface area (Å²) in [6, 6.07) is -0.847. The fourth-order valence-electron chi connectivity index (χ4n) is 1.17. The molecule has 0 aliphatic heterocycles. The summed E-state index contributed by atoms with van der Waals surface area (Å²) in [6.07, 6.45) is 0. The quantitative estimate of drug-likeness (QED) is 0.332. The van der Waals surface area contributed by atoms with E-state index in [4.69, 9.17) is 18.9 Å². The Morgan fingerprint density at radius 3 is 0.917 bits per heavy atom. The van der Waals surface area contributed by atoms with Gasteiger partial charge in [0, 0.05) is 27.7 Å². The summed E-state index contributed by atoms with van der Waals surface area (Å²) in [6.45, 7) is 2.45. The van der Waals surface area contributed by atoms with Crippen LogP contribution in [0.3, 0.4) is 0 Å². The number of ether oxygens (including phenoxy) is 4. The topological polar surface area (TPSA) is 129 Å². The fourth-order valence-corrected chi connectivity index (χ4v) is 1.17. The lowest BCUT2D eigenvalue weighted by Gasteiger charge is -2.28. The SMILES string of the molecule is CC(=O)OCN(COC(C)=O)C(=O)N(COC(C)=O)COC(C)=O. The molecule has 0 heterocycles. The second-order valence-corrected chi connectivity index (χ2v) is 4.42. The average molecular weight is 348 g/mol. The molecule has 0 aromatic carbocycles. The second-order valence-electron chi connectivity index (χ2n) is 4.42. The summed E-state index contributed by atoms with van der Waals surface area (Å²) in [5.74, 6) is -2.66. The molecular weight excluding hydrogens is 328 g/mol. The lowest BCUT2D eigenvalue weighted by molar-refractivity contribution is -0.154. The Labute approximate surface area is 138 Å². The highest BCUT2D eigenvalue weighted by Crippen LogP contribution is 2.03. The maximum absolute atomic E-state index is 12.4. The van der Waals surface area contributed by atoms with Crippen molar-refractivity contribution in [3.8, 4) is 0 Å². The summed E-state index contributed by atoms with van der Waals surface area (Å²) in [5.41, 5.74) is 0. The Morgan fingerprint density at radius 2 is 0.750 bits per heavy atom. The number of carbonyl (C=O) groups excluding carboxylic acids is 5. The lowest BCUT2D eigenvalue weighted by Crippen LogP contribution is -2.47. The van der Waals surface area contributed by atoms with Crippen LogP contribution in [0.1, 0.15) is 27.7 Å². The third kappa shape index (κ3) is 9.97. The number of rotatable bonds is 8. The highest BCUT2D eigenvalue weighted by atomic mass is 16.6. The van der Waals surface area contributed by atoms with E-state index in [1.54, 1.807) is 0 Å². The number of amides is 2. The predicted molar refractivity (Wildman–Crippen MR) is 75.6 cm³/mol. The largest absolute Gasteiger partial charge is 0.444 e. The first kappa shape index (κ1) is 21.1. The van der Waals surface area contributed by atoms with E-state index in [1.165, 1.54) is 0 Å². The number of hydrogen-bond donors (Lipinski definition) is 0. The van der Waals surface area contributed by atoms with Crippen LogP contribution in [0.4, 0.5) is 4.79 Å². The lowest BCUT2D eigenvalue weighted by atomic mass is 10.6. The minimum atomic E-state index is -0.847. The van der Waals surface area contributed by atoms with E-state index < -0.39 is 56.8 Å². The molecule has 136 valence electrons. The van der Waals surface area contributed by atoms with Crippen molar-refractivity contribution in [1.82, 2.24) is 9.80 Å². The zero-order valence-electron chi connectivity index (χ0n) is 13.9. The van der Waals surface area contributed by atoms with Gasteiger partial charge in [0.15, 0.2) is 26.9 Å². The highest BCUT2D eigenvalue weighted by Gasteiger charge is 2.24. The zero-order chi connectivity index (χ0) is 18.7. The molecule has 0 rings (SSSR count). The molecule has 0 atom stereocenters. The van der Waals surface area contributed by atoms with Crippen molar-refractivity contribution < 1.29 is 42.9 Å². The third-order valence-electron chi connectivity index (χ3n) is 2.24. The standard InChI is InChI=1S/C13H20N2O9/c1-9(16)21-5-14(6-22-10(2)17)13(20)15(7-23-11(3)18)8-24-12(4)19/h5-8H2,1-4H3. The number of esters is 4. The van der Waals surface area contributed by atoms with Gasteiger partial charge in [-0.15, -0.1) is 0 Å². The van der Waals surface area contributed by atoms with E-state index >= 15 is 0 Å². The molecule has 0 N–H and O–H groups in total. The van der Waals surface area contributed by atoms with Crippen molar-refractivity contribution in [3.63, 3.8) is 0 Å². The highest BCUT2D eigenvalue weighted by molar-refractivity contribution is 5.76. The Bertz CT molecular complexity index is 414. The minimum absolute atomic E-state index is 0.516. The first-order valence-electron chi connectivity index (χ1n) is 6.70. The predicted octanol–water partition coefficient (Wildman–Crippen LogP) is -0.207. The van der Waals surface area contributed by atoms with Gasteiger partial charge < -0.3 is 18.9 Å². The second kappa shape index (κ2) is 10.8. The van der Waals surface area contributed by atoms with Crippen LogP contribution in [0.25, 0.3) is 0 Å². The van der Waals surface area contributed by atoms with Gasteiger partial charge in [-0.25, -0.2) is 4.79 Å². The summed E-state index contributed by atoms with van der Waals surface area (Å²) in [4.78, 5) is 57.6. The third-order valence-corrected chi connectivity index (χ3v) is 2.24. The van der Waals surface area contributed by atoms with E-state index in [2.05, 4.69) is 0 Å². The van der Waals surface area contributed by atoms with Gasteiger partial charge in [0.05, 0.1) is 0 Å². The molecule has 0 radical (unpaired) electrons. The molecule has 0 aromatic rings. The molecule has 0 aromatic heterocycles. The molecule has 0 fully saturated rings. The van der Waals surface area contributed by atoms with Gasteiger partial charge in [0.2, 0.25) is 0 Å². The Morgan fingerprint density at radius 1 is 0.542 bits per heavy atom. The van der Waals surface area contributed by atoms with Gasteiger partial charge in [0.25, 0.3) is 0 Å². The molecule has 0 spiro atoms. The normalized spacial score (nSPS) is 9.50. The molecule has 2 amide bonds. The molecule has 11 heteroatoms. The fraction of sp³-hybridized carbons (Fsp3) is 0.615. The van der Waals surface area contributed by atoms with Crippen molar-refractivity contribution in [2.24, 2.45) is 0 Å². The Balaban J connectivity index is 5.03. The van der Waals surface area contributed by atoms with Crippen LogP contribution in [0.2, 0.25) is 0 Å². The zero-order valence-corrected chi connectivity index (χ0v) is 13.9. The maximum atomic E-state index is 12.4. The molecule has 0 aliphatic rings. The molecule has 0 aliphatic carbocycles. The molecular formula is C13H20N2O9. The number of nitrogens with zero attached hydrogens (tertiary/aromatic N) is 2. The Kier molecular flexibility index (Phi) is 9.52. The minimum Gasteiger partial charge on any atom is -0.444 e. The van der Waals surface area contributed by atoms with Gasteiger partial charge in [-0.1, -0.05) is 0 Å². The van der Waals surface area contributed by atoms with Crippen LogP contribution < -0.4 is 0 Å². The molecule has 0 unspecified atom stereocenters. The van der Waals surface area contributed by atoms with Crippen LogP contribution in [-0.4, -0.2) is 66.6 Å². The summed E-state index contributed by atoms with van der Waals surface area (Å²) in [7, 11) is 0. The number of urea groups is 1. The van der Waals surface area contributed by atoms with Crippen LogP contribution in [0.15, 0.2) is 0 Å². The molecule has 11 nitrogen and oxygen atoms in total. The van der Waals surface area contributed by atoms with Crippen LogP contribution in [0, 0.1) is 0 Å². The average Bonchev–Trinajstić information content (AvgIpc) is 2.45. The number of carbonyl (C=O) groups is 5. The maximum Gasteiger partial charge on any atom is 0.330 e. The van der Waals surface area contributed by atoms with Crippen LogP contribution in [-0.2, 0) is 38.1 Å². The van der Waals surface area contributed by atoms with E-state index in [-0.39, 0.29) is 0 Å². The van der Waals surface area contributed by atoms with Gasteiger partial charge in [-0.2, -0.15) is 0 Å². The summed E-state index contributed by atoms with van der Waals surface area (Å²) < 4.78 is 18.8. The van der Waals surface area contributed by atoms with Gasteiger partial charge in [-0.05, 0) is 0 Å². The van der Waals surface area contributed by atoms with E-state index in [1.807, 2.05) is 0 Å². The molecule has 24 heavy (non-hydrogen) atoms. The van der Waals surface area contributed by atoms with E-state index in [0.717, 1.165) is 37.5 Å². The van der Waals surface area contributed by atoms with Gasteiger partial charge in [-0.3, -0.25) is 29.0 Å². The smallest absolute Gasteiger partial charge is 0.330 e. The van der Waals surface area contributed by atoms with Crippen molar-refractivity contribution in [3.05, 3.63) is 0 Å². The van der Waals surface area contributed by atoms with Gasteiger partial charge >= 0.3 is 29.9 Å². The van der Waals surface area contributed by atoms with Crippen LogP contribution in [0.5, 0.6) is 0 Å². The van der Waals surface area contributed by atoms with E-state index in [0.29, 0.717) is 0 Å². The Hall–Kier alpha value is -2.85. The number of hydrogen-bond acceptors (Lipinski definition) is 9. The van der Waals surface area contributed by atoms with Crippen LogP contribution >= 0.6 is 0 Å². The monoisotopic (exact) mass is 348 g/mol.